The highest BCUT2D eigenvalue weighted by atomic mass is 19.1. The molecule has 1 unspecified atom stereocenters. The average molecular weight is 284 g/mol. The molecule has 0 aromatic heterocycles. The van der Waals surface area contributed by atoms with Crippen molar-refractivity contribution < 1.29 is 13.9 Å². The van der Waals surface area contributed by atoms with Gasteiger partial charge in [-0.3, -0.25) is 4.90 Å². The minimum absolute atomic E-state index is 0.0510. The molecule has 0 aliphatic heterocycles. The molecule has 1 atom stereocenters. The molecule has 0 fully saturated rings. The Morgan fingerprint density at radius 3 is 2.25 bits per heavy atom. The van der Waals surface area contributed by atoms with Crippen LogP contribution in [0.15, 0.2) is 24.3 Å². The SMILES string of the molecule is CNC(CN(CCOC)CCOC)c1ccccc1F. The molecule has 1 rings (SSSR count). The Labute approximate surface area is 120 Å². The number of benzene rings is 1. The van der Waals surface area contributed by atoms with E-state index in [0.717, 1.165) is 13.1 Å². The van der Waals surface area contributed by atoms with Crippen molar-refractivity contribution in [2.75, 3.05) is 54.1 Å². The lowest BCUT2D eigenvalue weighted by molar-refractivity contribution is 0.108. The Hall–Kier alpha value is -1.01. The average Bonchev–Trinajstić information content (AvgIpc) is 2.47. The van der Waals surface area contributed by atoms with E-state index in [1.807, 2.05) is 19.2 Å². The van der Waals surface area contributed by atoms with Crippen LogP contribution in [0.2, 0.25) is 0 Å². The molecule has 1 aromatic rings. The van der Waals surface area contributed by atoms with Crippen molar-refractivity contribution in [1.82, 2.24) is 10.2 Å². The number of nitrogens with zero attached hydrogens (tertiary/aromatic N) is 1. The van der Waals surface area contributed by atoms with Gasteiger partial charge in [0.05, 0.1) is 13.2 Å². The molecule has 0 bridgehead atoms. The zero-order valence-corrected chi connectivity index (χ0v) is 12.6. The van der Waals surface area contributed by atoms with Gasteiger partial charge in [-0.15, -0.1) is 0 Å². The fourth-order valence-electron chi connectivity index (χ4n) is 2.10. The summed E-state index contributed by atoms with van der Waals surface area (Å²) in [5.41, 5.74) is 0.690. The second-order valence-electron chi connectivity index (χ2n) is 4.65. The van der Waals surface area contributed by atoms with Crippen molar-refractivity contribution in [3.8, 4) is 0 Å². The summed E-state index contributed by atoms with van der Waals surface area (Å²) in [5.74, 6) is -0.176. The minimum Gasteiger partial charge on any atom is -0.383 e. The standard InChI is InChI=1S/C15H25FN2O2/c1-17-15(13-6-4-5-7-14(13)16)12-18(8-10-19-2)9-11-20-3/h4-7,15,17H,8-12H2,1-3H3. The summed E-state index contributed by atoms with van der Waals surface area (Å²) in [6.07, 6.45) is 0. The number of rotatable bonds is 10. The maximum atomic E-state index is 13.9. The summed E-state index contributed by atoms with van der Waals surface area (Å²) >= 11 is 0. The third-order valence-electron chi connectivity index (χ3n) is 3.29. The second kappa shape index (κ2) is 9.83. The highest BCUT2D eigenvalue weighted by molar-refractivity contribution is 5.21. The molecule has 0 saturated heterocycles. The number of nitrogens with one attached hydrogen (secondary N) is 1. The summed E-state index contributed by atoms with van der Waals surface area (Å²) in [7, 11) is 5.21. The predicted molar refractivity (Wildman–Crippen MR) is 78.4 cm³/mol. The number of hydrogen-bond acceptors (Lipinski definition) is 4. The lowest BCUT2D eigenvalue weighted by Gasteiger charge is -2.27. The summed E-state index contributed by atoms with van der Waals surface area (Å²) in [6.45, 7) is 3.61. The van der Waals surface area contributed by atoms with Gasteiger partial charge < -0.3 is 14.8 Å². The lowest BCUT2D eigenvalue weighted by Crippen LogP contribution is -2.38. The van der Waals surface area contributed by atoms with Gasteiger partial charge in [0.25, 0.3) is 0 Å². The third-order valence-corrected chi connectivity index (χ3v) is 3.29. The van der Waals surface area contributed by atoms with Crippen LogP contribution >= 0.6 is 0 Å². The summed E-state index contributed by atoms with van der Waals surface area (Å²) in [6, 6.07) is 6.83. The van der Waals surface area contributed by atoms with E-state index in [1.54, 1.807) is 20.3 Å². The minimum atomic E-state index is -0.176. The number of likely N-dealkylation sites (N-methyl/N-ethyl adjacent to an activating group) is 1. The number of ether oxygens (including phenoxy) is 2. The molecule has 0 spiro atoms. The van der Waals surface area contributed by atoms with Crippen molar-refractivity contribution in [1.29, 1.82) is 0 Å². The van der Waals surface area contributed by atoms with Crippen LogP contribution in [-0.4, -0.2) is 59.0 Å². The Morgan fingerprint density at radius 1 is 1.15 bits per heavy atom. The first-order valence-corrected chi connectivity index (χ1v) is 6.84. The van der Waals surface area contributed by atoms with Gasteiger partial charge in [0.2, 0.25) is 0 Å². The first kappa shape index (κ1) is 17.0. The monoisotopic (exact) mass is 284 g/mol. The topological polar surface area (TPSA) is 33.7 Å². The molecular formula is C15H25FN2O2. The zero-order chi connectivity index (χ0) is 14.8. The van der Waals surface area contributed by atoms with Crippen molar-refractivity contribution in [3.63, 3.8) is 0 Å². The second-order valence-corrected chi connectivity index (χ2v) is 4.65. The van der Waals surface area contributed by atoms with Crippen molar-refractivity contribution in [3.05, 3.63) is 35.6 Å². The van der Waals surface area contributed by atoms with E-state index in [1.165, 1.54) is 6.07 Å². The van der Waals surface area contributed by atoms with E-state index in [-0.39, 0.29) is 11.9 Å². The van der Waals surface area contributed by atoms with Gasteiger partial charge in [0.15, 0.2) is 0 Å². The largest absolute Gasteiger partial charge is 0.383 e. The lowest BCUT2D eigenvalue weighted by atomic mass is 10.1. The molecule has 0 amide bonds. The van der Waals surface area contributed by atoms with Gasteiger partial charge in [-0.25, -0.2) is 4.39 Å². The fraction of sp³-hybridized carbons (Fsp3) is 0.600. The Balaban J connectivity index is 2.69. The highest BCUT2D eigenvalue weighted by Gasteiger charge is 2.17. The van der Waals surface area contributed by atoms with E-state index < -0.39 is 0 Å². The van der Waals surface area contributed by atoms with Crippen molar-refractivity contribution >= 4 is 0 Å². The predicted octanol–water partition coefficient (Wildman–Crippen LogP) is 1.68. The number of halogens is 1. The molecule has 1 N–H and O–H groups in total. The Bertz CT molecular complexity index is 369. The van der Waals surface area contributed by atoms with Crippen LogP contribution in [0.1, 0.15) is 11.6 Å². The van der Waals surface area contributed by atoms with Crippen LogP contribution in [0.3, 0.4) is 0 Å². The van der Waals surface area contributed by atoms with Crippen LogP contribution in [0.5, 0.6) is 0 Å². The molecule has 0 saturated carbocycles. The van der Waals surface area contributed by atoms with E-state index in [9.17, 15) is 4.39 Å². The van der Waals surface area contributed by atoms with Gasteiger partial charge in [-0.05, 0) is 13.1 Å². The van der Waals surface area contributed by atoms with Gasteiger partial charge in [0.1, 0.15) is 5.82 Å². The first-order valence-electron chi connectivity index (χ1n) is 6.84. The highest BCUT2D eigenvalue weighted by Crippen LogP contribution is 2.17. The van der Waals surface area contributed by atoms with Crippen LogP contribution in [-0.2, 0) is 9.47 Å². The first-order chi connectivity index (χ1) is 9.72. The van der Waals surface area contributed by atoms with Crippen molar-refractivity contribution in [2.45, 2.75) is 6.04 Å². The van der Waals surface area contributed by atoms with Gasteiger partial charge in [-0.1, -0.05) is 18.2 Å². The zero-order valence-electron chi connectivity index (χ0n) is 12.6. The van der Waals surface area contributed by atoms with Gasteiger partial charge >= 0.3 is 0 Å². The normalized spacial score (nSPS) is 12.8. The molecule has 114 valence electrons. The number of hydrogen-bond donors (Lipinski definition) is 1. The van der Waals surface area contributed by atoms with E-state index >= 15 is 0 Å². The van der Waals surface area contributed by atoms with Gasteiger partial charge in [-0.2, -0.15) is 0 Å². The molecule has 5 heteroatoms. The molecule has 0 aliphatic rings. The van der Waals surface area contributed by atoms with E-state index in [4.69, 9.17) is 9.47 Å². The Kier molecular flexibility index (Phi) is 8.37. The molecular weight excluding hydrogens is 259 g/mol. The summed E-state index contributed by atoms with van der Waals surface area (Å²) < 4.78 is 24.1. The summed E-state index contributed by atoms with van der Waals surface area (Å²) in [5, 5.41) is 3.18. The third kappa shape index (κ3) is 5.54. The molecule has 4 nitrogen and oxygen atoms in total. The van der Waals surface area contributed by atoms with Gasteiger partial charge in [0, 0.05) is 45.5 Å². The number of methoxy groups -OCH3 is 2. The molecule has 0 aliphatic carbocycles. The Morgan fingerprint density at radius 2 is 1.75 bits per heavy atom. The van der Waals surface area contributed by atoms with E-state index in [0.29, 0.717) is 25.3 Å². The maximum absolute atomic E-state index is 13.9. The van der Waals surface area contributed by atoms with Crippen LogP contribution < -0.4 is 5.32 Å². The van der Waals surface area contributed by atoms with Crippen LogP contribution in [0, 0.1) is 5.82 Å². The summed E-state index contributed by atoms with van der Waals surface area (Å²) in [4.78, 5) is 2.21. The quantitative estimate of drug-likeness (QED) is 0.709. The maximum Gasteiger partial charge on any atom is 0.128 e. The molecule has 20 heavy (non-hydrogen) atoms. The smallest absolute Gasteiger partial charge is 0.128 e. The van der Waals surface area contributed by atoms with Crippen molar-refractivity contribution in [2.24, 2.45) is 0 Å². The van der Waals surface area contributed by atoms with E-state index in [2.05, 4.69) is 10.2 Å². The molecule has 0 heterocycles. The molecule has 1 aromatic carbocycles. The van der Waals surface area contributed by atoms with Crippen LogP contribution in [0.4, 0.5) is 4.39 Å². The fourth-order valence-corrected chi connectivity index (χ4v) is 2.10. The molecule has 0 radical (unpaired) electrons. The van der Waals surface area contributed by atoms with Crippen LogP contribution in [0.25, 0.3) is 0 Å².